The van der Waals surface area contributed by atoms with Crippen molar-refractivity contribution in [3.05, 3.63) is 85.5 Å². The van der Waals surface area contributed by atoms with Gasteiger partial charge < -0.3 is 10.5 Å². The highest BCUT2D eigenvalue weighted by molar-refractivity contribution is 6.30. The van der Waals surface area contributed by atoms with Gasteiger partial charge in [-0.15, -0.1) is 0 Å². The van der Waals surface area contributed by atoms with Crippen LogP contribution in [-0.4, -0.2) is 22.1 Å². The van der Waals surface area contributed by atoms with Crippen molar-refractivity contribution < 1.29 is 9.53 Å². The molecular weight excluding hydrogens is 444 g/mol. The monoisotopic (exact) mass is 470 g/mol. The molecule has 0 aliphatic rings. The van der Waals surface area contributed by atoms with Gasteiger partial charge in [0.25, 0.3) is 11.5 Å². The van der Waals surface area contributed by atoms with Crippen molar-refractivity contribution in [1.82, 2.24) is 9.55 Å². The number of carbonyl (C=O) groups excluding carboxylic acids is 1. The van der Waals surface area contributed by atoms with Crippen molar-refractivity contribution in [2.24, 2.45) is 0 Å². The van der Waals surface area contributed by atoms with Crippen molar-refractivity contribution >= 4 is 29.0 Å². The molecule has 174 valence electrons. The lowest BCUT2D eigenvalue weighted by Gasteiger charge is -2.25. The first kappa shape index (κ1) is 24.1. The summed E-state index contributed by atoms with van der Waals surface area (Å²) in [5.41, 5.74) is 6.42. The molecule has 0 unspecified atom stereocenters. The maximum Gasteiger partial charge on any atom is 0.330 e. The van der Waals surface area contributed by atoms with Crippen molar-refractivity contribution in [1.29, 1.82) is 0 Å². The number of nitrogens with zero attached hydrogens (tertiary/aromatic N) is 2. The molecule has 33 heavy (non-hydrogen) atoms. The highest BCUT2D eigenvalue weighted by Gasteiger charge is 2.25. The van der Waals surface area contributed by atoms with E-state index in [1.54, 1.807) is 18.2 Å². The predicted octanol–water partition coefficient (Wildman–Crippen LogP) is 3.49. The molecule has 0 radical (unpaired) electrons. The number of anilines is 2. The Morgan fingerprint density at radius 3 is 2.58 bits per heavy atom. The van der Waals surface area contributed by atoms with E-state index in [2.05, 4.69) is 4.98 Å². The molecule has 0 spiro atoms. The Morgan fingerprint density at radius 2 is 1.91 bits per heavy atom. The smallest absolute Gasteiger partial charge is 0.330 e. The molecule has 0 bridgehead atoms. The van der Waals surface area contributed by atoms with E-state index in [4.69, 9.17) is 22.1 Å². The molecule has 0 atom stereocenters. The number of ether oxygens (including phenoxy) is 1. The van der Waals surface area contributed by atoms with E-state index in [-0.39, 0.29) is 24.7 Å². The summed E-state index contributed by atoms with van der Waals surface area (Å²) in [6.07, 6.45) is 1.53. The van der Waals surface area contributed by atoms with Crippen LogP contribution < -0.4 is 26.6 Å². The molecule has 8 nitrogen and oxygen atoms in total. The number of carbonyl (C=O) groups is 1. The normalized spacial score (nSPS) is 10.8. The molecule has 1 aromatic heterocycles. The van der Waals surface area contributed by atoms with Crippen LogP contribution in [-0.2, 0) is 17.9 Å². The van der Waals surface area contributed by atoms with Gasteiger partial charge >= 0.3 is 5.69 Å². The molecule has 1 heterocycles. The number of benzene rings is 2. The number of hydrogen-bond donors (Lipinski definition) is 2. The number of amides is 1. The average Bonchev–Trinajstić information content (AvgIpc) is 2.78. The third-order valence-electron chi connectivity index (χ3n) is 5.19. The van der Waals surface area contributed by atoms with E-state index < -0.39 is 17.2 Å². The van der Waals surface area contributed by atoms with Crippen LogP contribution in [0, 0.1) is 6.92 Å². The number of halogens is 1. The second-order valence-electron chi connectivity index (χ2n) is 7.66. The Hall–Kier alpha value is -3.52. The second kappa shape index (κ2) is 10.9. The Kier molecular flexibility index (Phi) is 7.95. The number of unbranched alkanes of at least 4 members (excludes halogenated alkanes) is 1. The number of nitrogen functional groups attached to an aromatic ring is 1. The first-order valence-electron chi connectivity index (χ1n) is 10.7. The lowest BCUT2D eigenvalue weighted by atomic mass is 10.2. The maximum atomic E-state index is 13.3. The summed E-state index contributed by atoms with van der Waals surface area (Å²) < 4.78 is 7.01. The fraction of sp³-hybridized carbons (Fsp3) is 0.292. The van der Waals surface area contributed by atoms with Gasteiger partial charge in [0, 0.05) is 11.6 Å². The average molecular weight is 471 g/mol. The summed E-state index contributed by atoms with van der Waals surface area (Å²) in [7, 11) is 0. The van der Waals surface area contributed by atoms with Crippen LogP contribution in [0.5, 0.6) is 5.75 Å². The van der Waals surface area contributed by atoms with E-state index in [1.807, 2.05) is 44.2 Å². The van der Waals surface area contributed by atoms with Gasteiger partial charge in [0.2, 0.25) is 0 Å². The third kappa shape index (κ3) is 5.84. The Labute approximate surface area is 196 Å². The molecule has 3 N–H and O–H groups in total. The highest BCUT2D eigenvalue weighted by Crippen LogP contribution is 2.23. The summed E-state index contributed by atoms with van der Waals surface area (Å²) in [6, 6.07) is 14.3. The molecule has 3 rings (SSSR count). The Morgan fingerprint density at radius 1 is 1.18 bits per heavy atom. The molecule has 0 saturated carbocycles. The number of aryl methyl sites for hydroxylation is 1. The molecule has 0 aliphatic carbocycles. The maximum absolute atomic E-state index is 13.3. The number of nitrogens with two attached hydrogens (primary N) is 1. The summed E-state index contributed by atoms with van der Waals surface area (Å²) >= 11 is 5.99. The predicted molar refractivity (Wildman–Crippen MR) is 130 cm³/mol. The van der Waals surface area contributed by atoms with E-state index in [0.29, 0.717) is 23.7 Å². The standard InChI is InChI=1S/C24H27ClN4O4/c1-3-4-12-28-22(26)21(23(31)27-24(28)32)29(14-17-8-6-5-7-9-17)20(30)15-33-19-11-10-18(25)13-16(19)2/h5-11,13H,3-4,12,14-15,26H2,1-2H3,(H,27,31,32). The minimum absolute atomic E-state index is 0.0517. The van der Waals surface area contributed by atoms with Gasteiger partial charge in [-0.3, -0.25) is 24.0 Å². The van der Waals surface area contributed by atoms with Crippen LogP contribution in [0.15, 0.2) is 58.1 Å². The number of aromatic amines is 1. The number of H-pyrrole nitrogens is 1. The summed E-state index contributed by atoms with van der Waals surface area (Å²) in [5.74, 6) is -0.0301. The van der Waals surface area contributed by atoms with Crippen LogP contribution >= 0.6 is 11.6 Å². The van der Waals surface area contributed by atoms with E-state index in [0.717, 1.165) is 17.5 Å². The third-order valence-corrected chi connectivity index (χ3v) is 5.43. The zero-order valence-corrected chi connectivity index (χ0v) is 19.4. The number of hydrogen-bond acceptors (Lipinski definition) is 5. The zero-order valence-electron chi connectivity index (χ0n) is 18.6. The second-order valence-corrected chi connectivity index (χ2v) is 8.10. The molecule has 0 saturated heterocycles. The van der Waals surface area contributed by atoms with Crippen LogP contribution in [0.25, 0.3) is 0 Å². The minimum Gasteiger partial charge on any atom is -0.483 e. The van der Waals surface area contributed by atoms with Gasteiger partial charge in [0.1, 0.15) is 11.6 Å². The molecule has 1 amide bonds. The largest absolute Gasteiger partial charge is 0.483 e. The van der Waals surface area contributed by atoms with Gasteiger partial charge in [0.05, 0.1) is 6.54 Å². The Bertz CT molecular complexity index is 1240. The van der Waals surface area contributed by atoms with Crippen LogP contribution in [0.3, 0.4) is 0 Å². The highest BCUT2D eigenvalue weighted by atomic mass is 35.5. The topological polar surface area (TPSA) is 110 Å². The number of rotatable bonds is 9. The summed E-state index contributed by atoms with van der Waals surface area (Å²) in [5, 5.41) is 0.561. The van der Waals surface area contributed by atoms with Gasteiger partial charge in [-0.1, -0.05) is 55.3 Å². The van der Waals surface area contributed by atoms with Crippen molar-refractivity contribution in [2.45, 2.75) is 39.8 Å². The van der Waals surface area contributed by atoms with Gasteiger partial charge in [-0.2, -0.15) is 0 Å². The Balaban J connectivity index is 1.98. The van der Waals surface area contributed by atoms with E-state index in [1.165, 1.54) is 9.47 Å². The zero-order chi connectivity index (χ0) is 24.0. The van der Waals surface area contributed by atoms with Gasteiger partial charge in [-0.05, 0) is 42.7 Å². The van der Waals surface area contributed by atoms with Gasteiger partial charge in [0.15, 0.2) is 12.3 Å². The minimum atomic E-state index is -0.725. The van der Waals surface area contributed by atoms with Crippen LogP contribution in [0.4, 0.5) is 11.5 Å². The number of aromatic nitrogens is 2. The van der Waals surface area contributed by atoms with Crippen molar-refractivity contribution in [3.63, 3.8) is 0 Å². The van der Waals surface area contributed by atoms with E-state index in [9.17, 15) is 14.4 Å². The molecule has 0 fully saturated rings. The fourth-order valence-electron chi connectivity index (χ4n) is 3.43. The molecular formula is C24H27ClN4O4. The molecule has 9 heteroatoms. The first-order chi connectivity index (χ1) is 15.8. The summed E-state index contributed by atoms with van der Waals surface area (Å²) in [4.78, 5) is 42.0. The molecule has 0 aliphatic heterocycles. The SMILES string of the molecule is CCCCn1c(N)c(N(Cc2ccccc2)C(=O)COc2ccc(Cl)cc2C)c(=O)[nH]c1=O. The van der Waals surface area contributed by atoms with Crippen molar-refractivity contribution in [2.75, 3.05) is 17.2 Å². The summed E-state index contributed by atoms with van der Waals surface area (Å²) in [6.45, 7) is 3.89. The molecule has 2 aromatic carbocycles. The van der Waals surface area contributed by atoms with E-state index >= 15 is 0 Å². The number of nitrogens with one attached hydrogen (secondary N) is 1. The van der Waals surface area contributed by atoms with Gasteiger partial charge in [-0.25, -0.2) is 4.79 Å². The van der Waals surface area contributed by atoms with Crippen molar-refractivity contribution in [3.8, 4) is 5.75 Å². The fourth-order valence-corrected chi connectivity index (χ4v) is 3.65. The first-order valence-corrected chi connectivity index (χ1v) is 11.1. The molecule has 3 aromatic rings. The van der Waals surface area contributed by atoms with Crippen LogP contribution in [0.2, 0.25) is 5.02 Å². The lowest BCUT2D eigenvalue weighted by molar-refractivity contribution is -0.120. The quantitative estimate of drug-likeness (QED) is 0.497. The van der Waals surface area contributed by atoms with Crippen LogP contribution in [0.1, 0.15) is 30.9 Å². The lowest BCUT2D eigenvalue weighted by Crippen LogP contribution is -2.42.